The summed E-state index contributed by atoms with van der Waals surface area (Å²) in [4.78, 5) is 13.9. The zero-order valence-corrected chi connectivity index (χ0v) is 18.8. The van der Waals surface area contributed by atoms with E-state index in [4.69, 9.17) is 9.47 Å². The maximum Gasteiger partial charge on any atom is 0.278 e. The van der Waals surface area contributed by atoms with Crippen LogP contribution >= 0.6 is 0 Å². The minimum atomic E-state index is -0.0807. The quantitative estimate of drug-likeness (QED) is 0.332. The van der Waals surface area contributed by atoms with Gasteiger partial charge in [0.25, 0.3) is 5.56 Å². The van der Waals surface area contributed by atoms with Gasteiger partial charge in [0.15, 0.2) is 5.75 Å². The van der Waals surface area contributed by atoms with Gasteiger partial charge in [-0.05, 0) is 30.5 Å². The van der Waals surface area contributed by atoms with Gasteiger partial charge >= 0.3 is 0 Å². The first-order chi connectivity index (χ1) is 16.2. The van der Waals surface area contributed by atoms with Crippen LogP contribution in [0.3, 0.4) is 0 Å². The average molecular weight is 439 g/mol. The summed E-state index contributed by atoms with van der Waals surface area (Å²) in [5.41, 5.74) is 2.81. The molecule has 0 aliphatic rings. The topological polar surface area (TPSA) is 45.4 Å². The van der Waals surface area contributed by atoms with Crippen LogP contribution in [0, 0.1) is 0 Å². The number of hydrogen-bond donors (Lipinski definition) is 0. The lowest BCUT2D eigenvalue weighted by molar-refractivity contribution is 0.416. The highest BCUT2D eigenvalue weighted by molar-refractivity contribution is 6.10. The summed E-state index contributed by atoms with van der Waals surface area (Å²) in [6.07, 6.45) is 1.72. The molecule has 0 aliphatic carbocycles. The Kier molecular flexibility index (Phi) is 5.61. The normalized spacial score (nSPS) is 11.2. The minimum Gasteiger partial charge on any atom is -0.495 e. The number of aryl methyl sites for hydroxylation is 1. The van der Waals surface area contributed by atoms with Crippen LogP contribution in [0.5, 0.6) is 11.5 Å². The lowest BCUT2D eigenvalue weighted by Crippen LogP contribution is -2.22. The Hall–Kier alpha value is -3.99. The van der Waals surface area contributed by atoms with Crippen LogP contribution in [0.25, 0.3) is 27.4 Å². The SMILES string of the molecule is COc1c2ccccc2c(OC)c2c1c(=O)n(CCCc1ccccc1)n2-c1ccccc1. The lowest BCUT2D eigenvalue weighted by atomic mass is 10.0. The highest BCUT2D eigenvalue weighted by Crippen LogP contribution is 2.42. The molecule has 0 amide bonds. The summed E-state index contributed by atoms with van der Waals surface area (Å²) in [5, 5.41) is 2.31. The molecule has 0 atom stereocenters. The number of rotatable bonds is 7. The van der Waals surface area contributed by atoms with Gasteiger partial charge < -0.3 is 9.47 Å². The molecule has 1 aromatic heterocycles. The molecule has 4 aromatic carbocycles. The molecule has 5 rings (SSSR count). The van der Waals surface area contributed by atoms with Crippen molar-refractivity contribution in [1.82, 2.24) is 9.36 Å². The van der Waals surface area contributed by atoms with Gasteiger partial charge in [-0.1, -0.05) is 72.8 Å². The molecule has 0 saturated heterocycles. The Labute approximate surface area is 192 Å². The molecular weight excluding hydrogens is 412 g/mol. The fourth-order valence-corrected chi connectivity index (χ4v) is 4.64. The lowest BCUT2D eigenvalue weighted by Gasteiger charge is -2.16. The predicted octanol–water partition coefficient (Wildman–Crippen LogP) is 5.60. The number of ether oxygens (including phenoxy) is 2. The molecule has 0 aliphatic heterocycles. The molecule has 166 valence electrons. The van der Waals surface area contributed by atoms with Gasteiger partial charge in [0.1, 0.15) is 16.7 Å². The van der Waals surface area contributed by atoms with Crippen molar-refractivity contribution in [3.8, 4) is 17.2 Å². The van der Waals surface area contributed by atoms with Crippen molar-refractivity contribution in [2.24, 2.45) is 0 Å². The number of fused-ring (bicyclic) bond motifs is 2. The van der Waals surface area contributed by atoms with Crippen molar-refractivity contribution in [1.29, 1.82) is 0 Å². The van der Waals surface area contributed by atoms with Crippen LogP contribution in [0.15, 0.2) is 89.7 Å². The number of para-hydroxylation sites is 1. The predicted molar refractivity (Wildman–Crippen MR) is 133 cm³/mol. The van der Waals surface area contributed by atoms with E-state index < -0.39 is 0 Å². The number of hydrogen-bond acceptors (Lipinski definition) is 3. The molecule has 0 fully saturated rings. The van der Waals surface area contributed by atoms with E-state index in [0.29, 0.717) is 23.4 Å². The van der Waals surface area contributed by atoms with Crippen LogP contribution in [0.4, 0.5) is 0 Å². The largest absolute Gasteiger partial charge is 0.495 e. The maximum atomic E-state index is 13.9. The minimum absolute atomic E-state index is 0.0807. The highest BCUT2D eigenvalue weighted by atomic mass is 16.5. The van der Waals surface area contributed by atoms with Crippen molar-refractivity contribution < 1.29 is 9.47 Å². The van der Waals surface area contributed by atoms with E-state index in [2.05, 4.69) is 12.1 Å². The van der Waals surface area contributed by atoms with Crippen molar-refractivity contribution in [2.75, 3.05) is 14.2 Å². The summed E-state index contributed by atoms with van der Waals surface area (Å²) < 4.78 is 15.5. The fraction of sp³-hybridized carbons (Fsp3) is 0.179. The molecular formula is C28H26N2O3. The molecule has 1 heterocycles. The smallest absolute Gasteiger partial charge is 0.278 e. The third-order valence-electron chi connectivity index (χ3n) is 6.08. The van der Waals surface area contributed by atoms with E-state index in [1.54, 1.807) is 14.2 Å². The Bertz CT molecular complexity index is 1470. The number of methoxy groups -OCH3 is 2. The highest BCUT2D eigenvalue weighted by Gasteiger charge is 2.25. The number of nitrogens with zero attached hydrogens (tertiary/aromatic N) is 2. The second-order valence-corrected chi connectivity index (χ2v) is 8.00. The van der Waals surface area contributed by atoms with E-state index in [0.717, 1.165) is 34.8 Å². The molecule has 33 heavy (non-hydrogen) atoms. The number of aromatic nitrogens is 2. The third-order valence-corrected chi connectivity index (χ3v) is 6.08. The van der Waals surface area contributed by atoms with E-state index in [9.17, 15) is 4.79 Å². The van der Waals surface area contributed by atoms with Crippen LogP contribution in [0.1, 0.15) is 12.0 Å². The van der Waals surface area contributed by atoms with Gasteiger partial charge in [-0.3, -0.25) is 4.79 Å². The summed E-state index contributed by atoms with van der Waals surface area (Å²) in [6.45, 7) is 0.569. The van der Waals surface area contributed by atoms with E-state index in [1.807, 2.05) is 82.2 Å². The monoisotopic (exact) mass is 438 g/mol. The maximum absolute atomic E-state index is 13.9. The Morgan fingerprint density at radius 1 is 0.727 bits per heavy atom. The van der Waals surface area contributed by atoms with Crippen LogP contribution in [-0.2, 0) is 13.0 Å². The van der Waals surface area contributed by atoms with E-state index in [1.165, 1.54) is 5.56 Å². The molecule has 0 spiro atoms. The average Bonchev–Trinajstić information content (AvgIpc) is 3.15. The molecule has 5 heteroatoms. The summed E-state index contributed by atoms with van der Waals surface area (Å²) in [5.74, 6) is 1.25. The fourth-order valence-electron chi connectivity index (χ4n) is 4.64. The molecule has 5 aromatic rings. The van der Waals surface area contributed by atoms with Crippen molar-refractivity contribution in [3.05, 3.63) is 101 Å². The van der Waals surface area contributed by atoms with E-state index in [-0.39, 0.29) is 5.56 Å². The Morgan fingerprint density at radius 3 is 1.94 bits per heavy atom. The number of benzene rings is 4. The Morgan fingerprint density at radius 2 is 1.30 bits per heavy atom. The summed E-state index contributed by atoms with van der Waals surface area (Å²) in [7, 11) is 3.27. The van der Waals surface area contributed by atoms with E-state index >= 15 is 0 Å². The van der Waals surface area contributed by atoms with Gasteiger partial charge in [0.2, 0.25) is 0 Å². The van der Waals surface area contributed by atoms with Crippen LogP contribution in [0.2, 0.25) is 0 Å². The van der Waals surface area contributed by atoms with Crippen LogP contribution in [-0.4, -0.2) is 23.6 Å². The molecule has 5 nitrogen and oxygen atoms in total. The Balaban J connectivity index is 1.78. The molecule has 0 radical (unpaired) electrons. The van der Waals surface area contributed by atoms with Crippen molar-refractivity contribution in [2.45, 2.75) is 19.4 Å². The van der Waals surface area contributed by atoms with Gasteiger partial charge in [-0.2, -0.15) is 0 Å². The second kappa shape index (κ2) is 8.87. The molecule has 0 unspecified atom stereocenters. The van der Waals surface area contributed by atoms with Gasteiger partial charge in [0.05, 0.1) is 19.9 Å². The van der Waals surface area contributed by atoms with Crippen molar-refractivity contribution >= 4 is 21.7 Å². The van der Waals surface area contributed by atoms with Gasteiger partial charge in [-0.15, -0.1) is 0 Å². The van der Waals surface area contributed by atoms with Crippen LogP contribution < -0.4 is 15.0 Å². The van der Waals surface area contributed by atoms with Gasteiger partial charge in [0, 0.05) is 17.3 Å². The molecule has 0 N–H and O–H groups in total. The molecule has 0 bridgehead atoms. The third kappa shape index (κ3) is 3.55. The standard InChI is InChI=1S/C28H26N2O3/c1-32-26-22-17-9-10-18-23(22)27(33-2)25-24(26)28(31)29(30(25)21-15-7-4-8-16-21)19-11-14-20-12-5-3-6-13-20/h3-10,12-13,15-18H,11,14,19H2,1-2H3. The zero-order valence-electron chi connectivity index (χ0n) is 18.8. The zero-order chi connectivity index (χ0) is 22.8. The second-order valence-electron chi connectivity index (χ2n) is 8.00. The van der Waals surface area contributed by atoms with Gasteiger partial charge in [-0.25, -0.2) is 9.36 Å². The summed E-state index contributed by atoms with van der Waals surface area (Å²) >= 11 is 0. The first kappa shape index (κ1) is 20.9. The van der Waals surface area contributed by atoms with Crippen molar-refractivity contribution in [3.63, 3.8) is 0 Å². The first-order valence-corrected chi connectivity index (χ1v) is 11.1. The molecule has 0 saturated carbocycles. The first-order valence-electron chi connectivity index (χ1n) is 11.1. The summed E-state index contributed by atoms with van der Waals surface area (Å²) in [6, 6.07) is 28.2.